The Morgan fingerprint density at radius 2 is 1.93 bits per heavy atom. The van der Waals surface area contributed by atoms with Crippen LogP contribution in [0.15, 0.2) is 23.5 Å². The third kappa shape index (κ3) is 3.61. The van der Waals surface area contributed by atoms with E-state index in [1.807, 2.05) is 0 Å². The molecule has 0 aromatic rings. The molecule has 2 heterocycles. The number of rotatable bonds is 5. The molecule has 1 saturated heterocycles. The van der Waals surface area contributed by atoms with E-state index in [2.05, 4.69) is 0 Å². The fraction of sp³-hybridized carbons (Fsp3) is 0.706. The largest absolute Gasteiger partial charge is 0.471 e. The van der Waals surface area contributed by atoms with E-state index in [0.717, 1.165) is 0 Å². The SMILES string of the molecule is COC(=O)C1=CO[C@@H](O[C@@H]2O[C@H](CO)[C@@H](O)[C@@H](O)[C@H]2O)[C@@H]2C(CO)=CC[C@H]12. The minimum absolute atomic E-state index is 0.270. The predicted molar refractivity (Wildman–Crippen MR) is 86.6 cm³/mol. The smallest absolute Gasteiger partial charge is 0.337 e. The summed E-state index contributed by atoms with van der Waals surface area (Å²) in [5.41, 5.74) is 0.903. The van der Waals surface area contributed by atoms with Gasteiger partial charge in [-0.25, -0.2) is 4.79 Å². The summed E-state index contributed by atoms with van der Waals surface area (Å²) >= 11 is 0. The Hall–Kier alpha value is -1.53. The summed E-state index contributed by atoms with van der Waals surface area (Å²) in [6, 6.07) is 0. The van der Waals surface area contributed by atoms with Crippen LogP contribution in [0.4, 0.5) is 0 Å². The van der Waals surface area contributed by atoms with Gasteiger partial charge in [0, 0.05) is 5.92 Å². The lowest BCUT2D eigenvalue weighted by Gasteiger charge is -2.42. The summed E-state index contributed by atoms with van der Waals surface area (Å²) in [5, 5.41) is 48.8. The average Bonchev–Trinajstić information content (AvgIpc) is 3.12. The Labute approximate surface area is 155 Å². The Kier molecular flexibility index (Phi) is 6.16. The minimum atomic E-state index is -1.59. The van der Waals surface area contributed by atoms with Crippen LogP contribution < -0.4 is 0 Å². The zero-order valence-electron chi connectivity index (χ0n) is 14.7. The van der Waals surface area contributed by atoms with E-state index in [-0.39, 0.29) is 12.5 Å². The van der Waals surface area contributed by atoms with Gasteiger partial charge in [-0.3, -0.25) is 0 Å². The van der Waals surface area contributed by atoms with E-state index in [1.54, 1.807) is 6.08 Å². The molecule has 0 bridgehead atoms. The standard InChI is InChI=1S/C17H24O10/c1-24-15(23)9-6-25-16(11-7(4-18)2-3-8(9)11)27-17-14(22)13(21)12(20)10(5-19)26-17/h2,6,8,10-14,16-22H,3-5H2,1H3/t8-,10-,11-,12-,13-,14-,16+,17+/m1/s1. The number of aliphatic hydroxyl groups is 5. The molecular weight excluding hydrogens is 364 g/mol. The second-order valence-corrected chi connectivity index (χ2v) is 6.71. The van der Waals surface area contributed by atoms with Gasteiger partial charge in [0.15, 0.2) is 6.29 Å². The molecule has 3 aliphatic rings. The third-order valence-corrected chi connectivity index (χ3v) is 5.24. The van der Waals surface area contributed by atoms with Crippen LogP contribution in [0.5, 0.6) is 0 Å². The second-order valence-electron chi connectivity index (χ2n) is 6.71. The first kappa shape index (κ1) is 20.2. The number of fused-ring (bicyclic) bond motifs is 1. The van der Waals surface area contributed by atoms with E-state index in [4.69, 9.17) is 18.9 Å². The van der Waals surface area contributed by atoms with Gasteiger partial charge in [-0.2, -0.15) is 0 Å². The van der Waals surface area contributed by atoms with Crippen molar-refractivity contribution in [1.82, 2.24) is 0 Å². The summed E-state index contributed by atoms with van der Waals surface area (Å²) in [4.78, 5) is 12.0. The third-order valence-electron chi connectivity index (χ3n) is 5.24. The number of aliphatic hydroxyl groups excluding tert-OH is 5. The monoisotopic (exact) mass is 388 g/mol. The second kappa shape index (κ2) is 8.23. The van der Waals surface area contributed by atoms with Crippen molar-refractivity contribution in [2.24, 2.45) is 11.8 Å². The van der Waals surface area contributed by atoms with Gasteiger partial charge in [0.25, 0.3) is 0 Å². The van der Waals surface area contributed by atoms with Crippen molar-refractivity contribution < 1.29 is 49.3 Å². The number of hydrogen-bond acceptors (Lipinski definition) is 10. The van der Waals surface area contributed by atoms with Crippen molar-refractivity contribution >= 4 is 5.97 Å². The van der Waals surface area contributed by atoms with Crippen LogP contribution in [-0.2, 0) is 23.7 Å². The fourth-order valence-corrected chi connectivity index (χ4v) is 3.73. The molecule has 0 saturated carbocycles. The van der Waals surface area contributed by atoms with Crippen molar-refractivity contribution in [2.45, 2.75) is 43.4 Å². The van der Waals surface area contributed by atoms with E-state index >= 15 is 0 Å². The van der Waals surface area contributed by atoms with Crippen molar-refractivity contribution in [2.75, 3.05) is 20.3 Å². The molecule has 8 atom stereocenters. The van der Waals surface area contributed by atoms with Crippen LogP contribution in [-0.4, -0.2) is 88.8 Å². The molecule has 0 aromatic carbocycles. The van der Waals surface area contributed by atoms with Gasteiger partial charge in [-0.05, 0) is 12.0 Å². The first-order valence-corrected chi connectivity index (χ1v) is 8.62. The van der Waals surface area contributed by atoms with Gasteiger partial charge in [0.2, 0.25) is 6.29 Å². The topological polar surface area (TPSA) is 155 Å². The Bertz CT molecular complexity index is 615. The summed E-state index contributed by atoms with van der Waals surface area (Å²) < 4.78 is 21.3. The zero-order chi connectivity index (χ0) is 19.7. The van der Waals surface area contributed by atoms with Crippen molar-refractivity contribution in [3.05, 3.63) is 23.5 Å². The molecule has 10 heteroatoms. The first-order chi connectivity index (χ1) is 12.9. The maximum absolute atomic E-state index is 12.0. The average molecular weight is 388 g/mol. The van der Waals surface area contributed by atoms with Crippen molar-refractivity contribution in [1.29, 1.82) is 0 Å². The number of methoxy groups -OCH3 is 1. The molecule has 10 nitrogen and oxygen atoms in total. The van der Waals surface area contributed by atoms with Gasteiger partial charge in [0.05, 0.1) is 38.1 Å². The lowest BCUT2D eigenvalue weighted by Crippen LogP contribution is -2.60. The van der Waals surface area contributed by atoms with E-state index < -0.39 is 55.5 Å². The van der Waals surface area contributed by atoms with Gasteiger partial charge in [-0.1, -0.05) is 6.08 Å². The molecule has 1 aliphatic carbocycles. The molecule has 0 amide bonds. The van der Waals surface area contributed by atoms with Gasteiger partial charge in [0.1, 0.15) is 24.4 Å². The number of carbonyl (C=O) groups is 1. The zero-order valence-corrected chi connectivity index (χ0v) is 14.7. The highest BCUT2D eigenvalue weighted by Crippen LogP contribution is 2.44. The fourth-order valence-electron chi connectivity index (χ4n) is 3.73. The van der Waals surface area contributed by atoms with Gasteiger partial charge >= 0.3 is 5.97 Å². The minimum Gasteiger partial charge on any atom is -0.471 e. The number of hydrogen-bond donors (Lipinski definition) is 5. The van der Waals surface area contributed by atoms with Crippen LogP contribution >= 0.6 is 0 Å². The van der Waals surface area contributed by atoms with Crippen LogP contribution in [0.2, 0.25) is 0 Å². The van der Waals surface area contributed by atoms with Crippen LogP contribution in [0.3, 0.4) is 0 Å². The molecule has 152 valence electrons. The normalized spacial score (nSPS) is 41.3. The number of esters is 1. The number of allylic oxidation sites excluding steroid dienone is 1. The molecule has 0 radical (unpaired) electrons. The Morgan fingerprint density at radius 1 is 1.19 bits per heavy atom. The Morgan fingerprint density at radius 3 is 2.56 bits per heavy atom. The van der Waals surface area contributed by atoms with Crippen LogP contribution in [0.1, 0.15) is 6.42 Å². The quantitative estimate of drug-likeness (QED) is 0.258. The molecule has 5 N–H and O–H groups in total. The van der Waals surface area contributed by atoms with Crippen molar-refractivity contribution in [3.63, 3.8) is 0 Å². The Balaban J connectivity index is 1.80. The first-order valence-electron chi connectivity index (χ1n) is 8.62. The van der Waals surface area contributed by atoms with Gasteiger partial charge in [-0.15, -0.1) is 0 Å². The van der Waals surface area contributed by atoms with Gasteiger partial charge < -0.3 is 44.5 Å². The van der Waals surface area contributed by atoms with E-state index in [9.17, 15) is 30.3 Å². The number of ether oxygens (including phenoxy) is 4. The van der Waals surface area contributed by atoms with Crippen LogP contribution in [0.25, 0.3) is 0 Å². The molecule has 0 unspecified atom stereocenters. The summed E-state index contributed by atoms with van der Waals surface area (Å²) in [6.45, 7) is -0.857. The maximum atomic E-state index is 12.0. The molecule has 0 spiro atoms. The predicted octanol–water partition coefficient (Wildman–Crippen LogP) is -2.23. The molecule has 27 heavy (non-hydrogen) atoms. The lowest BCUT2D eigenvalue weighted by molar-refractivity contribution is -0.339. The maximum Gasteiger partial charge on any atom is 0.337 e. The highest BCUT2D eigenvalue weighted by atomic mass is 16.8. The van der Waals surface area contributed by atoms with E-state index in [0.29, 0.717) is 17.6 Å². The lowest BCUT2D eigenvalue weighted by atomic mass is 9.83. The highest BCUT2D eigenvalue weighted by Gasteiger charge is 2.49. The number of carbonyl (C=O) groups excluding carboxylic acids is 1. The highest BCUT2D eigenvalue weighted by molar-refractivity contribution is 5.89. The molecular formula is C17H24O10. The van der Waals surface area contributed by atoms with E-state index in [1.165, 1.54) is 13.4 Å². The summed E-state index contributed by atoms with van der Waals surface area (Å²) in [6.07, 6.45) is -4.73. The van der Waals surface area contributed by atoms with Crippen LogP contribution in [0, 0.1) is 11.8 Å². The molecule has 3 rings (SSSR count). The van der Waals surface area contributed by atoms with Crippen molar-refractivity contribution in [3.8, 4) is 0 Å². The summed E-state index contributed by atoms with van der Waals surface area (Å²) in [5.74, 6) is -1.42. The summed E-state index contributed by atoms with van der Waals surface area (Å²) in [7, 11) is 1.25. The molecule has 2 aliphatic heterocycles. The molecule has 1 fully saturated rings. The molecule has 0 aromatic heterocycles.